The van der Waals surface area contributed by atoms with E-state index in [4.69, 9.17) is 18.9 Å². The lowest BCUT2D eigenvalue weighted by atomic mass is 10.2. The van der Waals surface area contributed by atoms with Gasteiger partial charge >= 0.3 is 12.2 Å². The molecular weight excluding hydrogens is 476 g/mol. The summed E-state index contributed by atoms with van der Waals surface area (Å²) in [7, 11) is 5.83. The fourth-order valence-corrected chi connectivity index (χ4v) is 2.78. The Hall–Kier alpha value is -4.81. The fraction of sp³-hybridized carbons (Fsp3) is 0.261. The van der Waals surface area contributed by atoms with Crippen molar-refractivity contribution < 1.29 is 43.5 Å². The van der Waals surface area contributed by atoms with Crippen LogP contribution in [-0.2, 0) is 4.79 Å². The maximum atomic E-state index is 12.5. The van der Waals surface area contributed by atoms with Crippen molar-refractivity contribution in [2.45, 2.75) is 0 Å². The lowest BCUT2D eigenvalue weighted by Crippen LogP contribution is -2.37. The lowest BCUT2D eigenvalue weighted by molar-refractivity contribution is -0.120. The van der Waals surface area contributed by atoms with Gasteiger partial charge in [0.15, 0.2) is 5.78 Å². The SMILES string of the molecule is COc1cc(C=NN(CC(=O)CN(N=Cc2cc(OC)cc(OC)c2)C(=O)O)C(=O)O)cc(OC)c1. The Labute approximate surface area is 206 Å². The van der Waals surface area contributed by atoms with Crippen LogP contribution in [-0.4, -0.2) is 92.2 Å². The van der Waals surface area contributed by atoms with Crippen molar-refractivity contribution in [1.29, 1.82) is 0 Å². The Morgan fingerprint density at radius 3 is 1.22 bits per heavy atom. The van der Waals surface area contributed by atoms with Crippen molar-refractivity contribution in [1.82, 2.24) is 10.0 Å². The molecule has 0 aliphatic carbocycles. The normalized spacial score (nSPS) is 10.8. The molecule has 0 bridgehead atoms. The van der Waals surface area contributed by atoms with E-state index in [1.165, 1.54) is 40.9 Å². The van der Waals surface area contributed by atoms with Gasteiger partial charge in [-0.1, -0.05) is 0 Å². The molecule has 2 N–H and O–H groups in total. The van der Waals surface area contributed by atoms with E-state index in [0.717, 1.165) is 0 Å². The van der Waals surface area contributed by atoms with Gasteiger partial charge in [-0.05, 0) is 24.3 Å². The second-order valence-corrected chi connectivity index (χ2v) is 7.00. The summed E-state index contributed by atoms with van der Waals surface area (Å²) >= 11 is 0. The molecule has 2 amide bonds. The monoisotopic (exact) mass is 502 g/mol. The molecular formula is C23H26N4O9. The van der Waals surface area contributed by atoms with Gasteiger partial charge in [-0.25, -0.2) is 9.59 Å². The molecule has 2 aromatic rings. The molecule has 0 fully saturated rings. The zero-order valence-corrected chi connectivity index (χ0v) is 20.1. The van der Waals surface area contributed by atoms with Crippen LogP contribution in [0.2, 0.25) is 0 Å². The Morgan fingerprint density at radius 2 is 0.972 bits per heavy atom. The fourth-order valence-electron chi connectivity index (χ4n) is 2.78. The van der Waals surface area contributed by atoms with E-state index >= 15 is 0 Å². The van der Waals surface area contributed by atoms with Crippen molar-refractivity contribution >= 4 is 30.4 Å². The average molecular weight is 502 g/mol. The molecule has 192 valence electrons. The molecule has 0 radical (unpaired) electrons. The second-order valence-electron chi connectivity index (χ2n) is 7.00. The van der Waals surface area contributed by atoms with Gasteiger partial charge in [0.25, 0.3) is 0 Å². The van der Waals surface area contributed by atoms with Crippen LogP contribution in [0.3, 0.4) is 0 Å². The standard InChI is InChI=1S/C23H26N4O9/c1-33-18-5-15(6-19(9-18)34-2)11-24-26(22(29)30)13-17(28)14-27(23(31)32)25-12-16-7-20(35-3)10-21(8-16)36-4/h5-12H,13-14H2,1-4H3,(H,29,30)(H,31,32). The predicted molar refractivity (Wildman–Crippen MR) is 129 cm³/mol. The first kappa shape index (κ1) is 27.4. The highest BCUT2D eigenvalue weighted by atomic mass is 16.5. The minimum atomic E-state index is -1.51. The molecule has 0 spiro atoms. The number of amides is 2. The van der Waals surface area contributed by atoms with E-state index in [0.29, 0.717) is 44.1 Å². The third-order valence-electron chi connectivity index (χ3n) is 4.53. The van der Waals surface area contributed by atoms with Gasteiger partial charge in [-0.15, -0.1) is 0 Å². The van der Waals surface area contributed by atoms with E-state index < -0.39 is 31.1 Å². The number of benzene rings is 2. The van der Waals surface area contributed by atoms with E-state index in [2.05, 4.69) is 10.2 Å². The number of hydrazone groups is 2. The highest BCUT2D eigenvalue weighted by Crippen LogP contribution is 2.22. The van der Waals surface area contributed by atoms with E-state index in [1.54, 1.807) is 36.4 Å². The highest BCUT2D eigenvalue weighted by molar-refractivity contribution is 5.89. The number of rotatable bonds is 12. The Balaban J connectivity index is 2.14. The van der Waals surface area contributed by atoms with E-state index in [1.807, 2.05) is 0 Å². The van der Waals surface area contributed by atoms with Crippen molar-refractivity contribution in [2.24, 2.45) is 10.2 Å². The summed E-state index contributed by atoms with van der Waals surface area (Å²) < 4.78 is 20.6. The molecule has 2 aromatic carbocycles. The van der Waals surface area contributed by atoms with E-state index in [-0.39, 0.29) is 0 Å². The number of ether oxygens (including phenoxy) is 4. The minimum absolute atomic E-state index is 0.454. The smallest absolute Gasteiger partial charge is 0.428 e. The van der Waals surface area contributed by atoms with Crippen molar-refractivity contribution in [3.05, 3.63) is 47.5 Å². The molecule has 13 heteroatoms. The number of carbonyl (C=O) groups excluding carboxylic acids is 1. The number of carboxylic acid groups (broad SMARTS) is 2. The molecule has 0 saturated carbocycles. The summed E-state index contributed by atoms with van der Waals surface area (Å²) in [6.07, 6.45) is -0.613. The first-order valence-electron chi connectivity index (χ1n) is 10.3. The Kier molecular flexibility index (Phi) is 10.0. The van der Waals surface area contributed by atoms with Crippen LogP contribution < -0.4 is 18.9 Å². The number of Topliss-reactive ketones (excluding diaryl/α,β-unsaturated/α-hetero) is 1. The summed E-state index contributed by atoms with van der Waals surface area (Å²) in [4.78, 5) is 35.6. The van der Waals surface area contributed by atoms with Crippen LogP contribution >= 0.6 is 0 Å². The molecule has 0 aliphatic heterocycles. The number of ketones is 1. The van der Waals surface area contributed by atoms with Gasteiger partial charge in [-0.3, -0.25) is 4.79 Å². The van der Waals surface area contributed by atoms with Crippen LogP contribution in [0, 0.1) is 0 Å². The van der Waals surface area contributed by atoms with Crippen LogP contribution in [0.15, 0.2) is 46.6 Å². The van der Waals surface area contributed by atoms with Crippen molar-refractivity contribution in [3.8, 4) is 23.0 Å². The predicted octanol–water partition coefficient (Wildman–Crippen LogP) is 2.62. The van der Waals surface area contributed by atoms with Gasteiger partial charge in [-0.2, -0.15) is 20.2 Å². The largest absolute Gasteiger partial charge is 0.497 e. The molecule has 0 aromatic heterocycles. The quantitative estimate of drug-likeness (QED) is 0.328. The topological polar surface area (TPSA) is 160 Å². The number of carbonyl (C=O) groups is 3. The highest BCUT2D eigenvalue weighted by Gasteiger charge is 2.20. The van der Waals surface area contributed by atoms with Crippen molar-refractivity contribution in [2.75, 3.05) is 41.5 Å². The summed E-state index contributed by atoms with van der Waals surface area (Å²) in [6.45, 7) is -1.42. The van der Waals surface area contributed by atoms with Crippen molar-refractivity contribution in [3.63, 3.8) is 0 Å². The lowest BCUT2D eigenvalue weighted by Gasteiger charge is -2.16. The van der Waals surface area contributed by atoms with Crippen LogP contribution in [0.25, 0.3) is 0 Å². The van der Waals surface area contributed by atoms with Gasteiger partial charge in [0.05, 0.1) is 40.9 Å². The number of nitrogens with zero attached hydrogens (tertiary/aromatic N) is 4. The first-order valence-corrected chi connectivity index (χ1v) is 10.3. The molecule has 0 atom stereocenters. The third kappa shape index (κ3) is 8.20. The second kappa shape index (κ2) is 13.2. The summed E-state index contributed by atoms with van der Waals surface area (Å²) in [5.74, 6) is 1.06. The first-order chi connectivity index (χ1) is 17.2. The Bertz CT molecular complexity index is 1020. The average Bonchev–Trinajstić information content (AvgIpc) is 2.87. The maximum absolute atomic E-state index is 12.5. The van der Waals surface area contributed by atoms with Gasteiger partial charge in [0.1, 0.15) is 36.1 Å². The molecule has 0 aliphatic rings. The van der Waals surface area contributed by atoms with Crippen LogP contribution in [0.1, 0.15) is 11.1 Å². The number of hydrogen-bond donors (Lipinski definition) is 2. The summed E-state index contributed by atoms with van der Waals surface area (Å²) in [6, 6.07) is 9.59. The maximum Gasteiger partial charge on any atom is 0.428 e. The minimum Gasteiger partial charge on any atom is -0.497 e. The zero-order chi connectivity index (χ0) is 26.7. The molecule has 13 nitrogen and oxygen atoms in total. The van der Waals surface area contributed by atoms with E-state index in [9.17, 15) is 24.6 Å². The summed E-state index contributed by atoms with van der Waals surface area (Å²) in [5.41, 5.74) is 0.908. The van der Waals surface area contributed by atoms with Gasteiger partial charge in [0, 0.05) is 23.3 Å². The summed E-state index contributed by atoms with van der Waals surface area (Å²) in [5, 5.41) is 27.4. The Morgan fingerprint density at radius 1 is 0.667 bits per heavy atom. The van der Waals surface area contributed by atoms with Crippen LogP contribution in [0.5, 0.6) is 23.0 Å². The third-order valence-corrected chi connectivity index (χ3v) is 4.53. The number of hydrogen-bond acceptors (Lipinski definition) is 9. The molecule has 36 heavy (non-hydrogen) atoms. The molecule has 0 saturated heterocycles. The zero-order valence-electron chi connectivity index (χ0n) is 20.1. The van der Waals surface area contributed by atoms with Gasteiger partial charge < -0.3 is 29.2 Å². The van der Waals surface area contributed by atoms with Crippen LogP contribution in [0.4, 0.5) is 9.59 Å². The molecule has 2 rings (SSSR count). The molecule has 0 heterocycles. The van der Waals surface area contributed by atoms with Gasteiger partial charge in [0.2, 0.25) is 0 Å². The number of methoxy groups -OCH3 is 4. The molecule has 0 unspecified atom stereocenters.